The lowest BCUT2D eigenvalue weighted by Gasteiger charge is -2.06. The van der Waals surface area contributed by atoms with E-state index in [0.29, 0.717) is 24.1 Å². The maximum Gasteiger partial charge on any atom is 0.269 e. The summed E-state index contributed by atoms with van der Waals surface area (Å²) < 4.78 is 15.7. The SMILES string of the molecule is COCc1nc(-c2ccc(OCc3ccc([N+](=O)[O-])cc3)cc2)no1. The molecule has 0 unspecified atom stereocenters. The molecular formula is C17H15N3O5. The minimum absolute atomic E-state index is 0.0565. The van der Waals surface area contributed by atoms with Gasteiger partial charge in [0.2, 0.25) is 5.82 Å². The van der Waals surface area contributed by atoms with E-state index in [1.54, 1.807) is 31.4 Å². The van der Waals surface area contributed by atoms with Crippen LogP contribution < -0.4 is 4.74 Å². The number of non-ortho nitro benzene ring substituents is 1. The van der Waals surface area contributed by atoms with Crippen LogP contribution in [0.25, 0.3) is 11.4 Å². The van der Waals surface area contributed by atoms with Crippen molar-refractivity contribution in [2.45, 2.75) is 13.2 Å². The molecule has 0 atom stereocenters. The topological polar surface area (TPSA) is 101 Å². The van der Waals surface area contributed by atoms with Gasteiger partial charge in [0.15, 0.2) is 0 Å². The van der Waals surface area contributed by atoms with Gasteiger partial charge in [-0.25, -0.2) is 0 Å². The van der Waals surface area contributed by atoms with Gasteiger partial charge in [0.25, 0.3) is 11.6 Å². The molecule has 0 N–H and O–H groups in total. The Labute approximate surface area is 143 Å². The van der Waals surface area contributed by atoms with Gasteiger partial charge in [-0.15, -0.1) is 0 Å². The number of hydrogen-bond acceptors (Lipinski definition) is 7. The molecule has 128 valence electrons. The molecule has 3 rings (SSSR count). The van der Waals surface area contributed by atoms with Crippen LogP contribution in [0.1, 0.15) is 11.5 Å². The first-order chi connectivity index (χ1) is 12.2. The van der Waals surface area contributed by atoms with Crippen LogP contribution >= 0.6 is 0 Å². The number of nitrogens with zero attached hydrogens (tertiary/aromatic N) is 3. The van der Waals surface area contributed by atoms with Crippen molar-refractivity contribution < 1.29 is 18.9 Å². The molecule has 0 amide bonds. The van der Waals surface area contributed by atoms with Gasteiger partial charge in [-0.2, -0.15) is 4.98 Å². The van der Waals surface area contributed by atoms with Crippen LogP contribution in [0.3, 0.4) is 0 Å². The Bertz CT molecular complexity index is 843. The minimum atomic E-state index is -0.431. The first kappa shape index (κ1) is 16.6. The van der Waals surface area contributed by atoms with E-state index < -0.39 is 4.92 Å². The lowest BCUT2D eigenvalue weighted by atomic mass is 10.2. The molecule has 0 spiro atoms. The third-order valence-electron chi connectivity index (χ3n) is 3.40. The first-order valence-corrected chi connectivity index (χ1v) is 7.44. The molecule has 1 aromatic heterocycles. The summed E-state index contributed by atoms with van der Waals surface area (Å²) in [6, 6.07) is 13.5. The van der Waals surface area contributed by atoms with Gasteiger partial charge < -0.3 is 14.0 Å². The van der Waals surface area contributed by atoms with Gasteiger partial charge in [-0.1, -0.05) is 5.16 Å². The van der Waals surface area contributed by atoms with E-state index in [1.165, 1.54) is 12.1 Å². The summed E-state index contributed by atoms with van der Waals surface area (Å²) in [5, 5.41) is 14.5. The fourth-order valence-electron chi connectivity index (χ4n) is 2.14. The summed E-state index contributed by atoms with van der Waals surface area (Å²) in [5.74, 6) is 1.56. The fraction of sp³-hybridized carbons (Fsp3) is 0.176. The van der Waals surface area contributed by atoms with Gasteiger partial charge in [0, 0.05) is 24.8 Å². The normalized spacial score (nSPS) is 10.6. The van der Waals surface area contributed by atoms with E-state index >= 15 is 0 Å². The molecule has 0 aliphatic heterocycles. The molecular weight excluding hydrogens is 326 g/mol. The van der Waals surface area contributed by atoms with Crippen molar-refractivity contribution in [2.24, 2.45) is 0 Å². The van der Waals surface area contributed by atoms with Crippen LogP contribution in [-0.4, -0.2) is 22.2 Å². The van der Waals surface area contributed by atoms with Gasteiger partial charge in [0.05, 0.1) is 4.92 Å². The zero-order valence-electron chi connectivity index (χ0n) is 13.4. The molecule has 3 aromatic rings. The average Bonchev–Trinajstić information content (AvgIpc) is 3.10. The second-order valence-corrected chi connectivity index (χ2v) is 5.18. The molecule has 0 saturated heterocycles. The summed E-state index contributed by atoms with van der Waals surface area (Å²) in [7, 11) is 1.56. The molecule has 0 saturated carbocycles. The van der Waals surface area contributed by atoms with E-state index in [4.69, 9.17) is 14.0 Å². The molecule has 2 aromatic carbocycles. The first-order valence-electron chi connectivity index (χ1n) is 7.44. The zero-order chi connectivity index (χ0) is 17.6. The van der Waals surface area contributed by atoms with E-state index in [9.17, 15) is 10.1 Å². The minimum Gasteiger partial charge on any atom is -0.489 e. The fourth-order valence-corrected chi connectivity index (χ4v) is 2.14. The summed E-state index contributed by atoms with van der Waals surface area (Å²) in [5.41, 5.74) is 1.70. The Hall–Kier alpha value is -3.26. The van der Waals surface area contributed by atoms with Gasteiger partial charge in [0.1, 0.15) is 19.0 Å². The summed E-state index contributed by atoms with van der Waals surface area (Å²) >= 11 is 0. The Kier molecular flexibility index (Phi) is 5.00. The van der Waals surface area contributed by atoms with E-state index in [2.05, 4.69) is 10.1 Å². The second kappa shape index (κ2) is 7.54. The standard InChI is InChI=1S/C17H15N3O5/c1-23-11-16-18-17(19-25-16)13-4-8-15(9-5-13)24-10-12-2-6-14(7-3-12)20(21)22/h2-9H,10-11H2,1H3. The van der Waals surface area contributed by atoms with Crippen LogP contribution in [0.2, 0.25) is 0 Å². The highest BCUT2D eigenvalue weighted by atomic mass is 16.6. The average molecular weight is 341 g/mol. The van der Waals surface area contributed by atoms with Crippen molar-refractivity contribution in [1.82, 2.24) is 10.1 Å². The van der Waals surface area contributed by atoms with Gasteiger partial charge >= 0.3 is 0 Å². The second-order valence-electron chi connectivity index (χ2n) is 5.18. The largest absolute Gasteiger partial charge is 0.489 e. The molecule has 0 aliphatic carbocycles. The summed E-state index contributed by atoms with van der Waals surface area (Å²) in [6.45, 7) is 0.584. The van der Waals surface area contributed by atoms with Crippen molar-refractivity contribution in [1.29, 1.82) is 0 Å². The highest BCUT2D eigenvalue weighted by Crippen LogP contribution is 2.21. The molecule has 0 fully saturated rings. The number of rotatable bonds is 7. The molecule has 8 nitrogen and oxygen atoms in total. The Morgan fingerprint density at radius 3 is 2.44 bits per heavy atom. The third kappa shape index (κ3) is 4.18. The molecule has 8 heteroatoms. The zero-order valence-corrected chi connectivity index (χ0v) is 13.4. The number of methoxy groups -OCH3 is 1. The van der Waals surface area contributed by atoms with Crippen LogP contribution in [0.15, 0.2) is 53.1 Å². The number of aromatic nitrogens is 2. The molecule has 0 radical (unpaired) electrons. The van der Waals surface area contributed by atoms with Crippen LogP contribution in [0.5, 0.6) is 5.75 Å². The lowest BCUT2D eigenvalue weighted by Crippen LogP contribution is -1.96. The van der Waals surface area contributed by atoms with E-state index in [0.717, 1.165) is 11.1 Å². The summed E-state index contributed by atoms with van der Waals surface area (Å²) in [4.78, 5) is 14.4. The Morgan fingerprint density at radius 2 is 1.80 bits per heavy atom. The van der Waals surface area contributed by atoms with Crippen LogP contribution in [0, 0.1) is 10.1 Å². The highest BCUT2D eigenvalue weighted by Gasteiger charge is 2.09. The monoisotopic (exact) mass is 341 g/mol. The molecule has 0 aliphatic rings. The van der Waals surface area contributed by atoms with Crippen LogP contribution in [-0.2, 0) is 18.0 Å². The van der Waals surface area contributed by atoms with Crippen molar-refractivity contribution in [3.63, 3.8) is 0 Å². The van der Waals surface area contributed by atoms with Crippen molar-refractivity contribution in [3.05, 3.63) is 70.1 Å². The van der Waals surface area contributed by atoms with Crippen molar-refractivity contribution >= 4 is 5.69 Å². The number of ether oxygens (including phenoxy) is 2. The molecule has 25 heavy (non-hydrogen) atoms. The third-order valence-corrected chi connectivity index (χ3v) is 3.40. The molecule has 1 heterocycles. The smallest absolute Gasteiger partial charge is 0.269 e. The van der Waals surface area contributed by atoms with Gasteiger partial charge in [-0.3, -0.25) is 10.1 Å². The van der Waals surface area contributed by atoms with Crippen molar-refractivity contribution in [2.75, 3.05) is 7.11 Å². The Morgan fingerprint density at radius 1 is 1.08 bits per heavy atom. The maximum absolute atomic E-state index is 10.6. The summed E-state index contributed by atoms with van der Waals surface area (Å²) in [6.07, 6.45) is 0. The predicted molar refractivity (Wildman–Crippen MR) is 87.9 cm³/mol. The van der Waals surface area contributed by atoms with Crippen molar-refractivity contribution in [3.8, 4) is 17.1 Å². The predicted octanol–water partition coefficient (Wildman–Crippen LogP) is 3.37. The van der Waals surface area contributed by atoms with E-state index in [-0.39, 0.29) is 12.3 Å². The molecule has 0 bridgehead atoms. The number of hydrogen-bond donors (Lipinski definition) is 0. The number of nitro benzene ring substituents is 1. The lowest BCUT2D eigenvalue weighted by molar-refractivity contribution is -0.384. The quantitative estimate of drug-likeness (QED) is 0.479. The maximum atomic E-state index is 10.6. The number of nitro groups is 1. The Balaban J connectivity index is 1.61. The van der Waals surface area contributed by atoms with E-state index in [1.807, 2.05) is 12.1 Å². The van der Waals surface area contributed by atoms with Gasteiger partial charge in [-0.05, 0) is 42.0 Å². The number of benzene rings is 2. The highest BCUT2D eigenvalue weighted by molar-refractivity contribution is 5.55. The van der Waals surface area contributed by atoms with Crippen LogP contribution in [0.4, 0.5) is 5.69 Å².